The summed E-state index contributed by atoms with van der Waals surface area (Å²) in [6.45, 7) is 5.61. The van der Waals surface area contributed by atoms with E-state index in [1.165, 1.54) is 12.1 Å². The van der Waals surface area contributed by atoms with Crippen LogP contribution in [0.2, 0.25) is 0 Å². The number of hydrogen-bond donors (Lipinski definition) is 0. The van der Waals surface area contributed by atoms with Gasteiger partial charge in [0.2, 0.25) is 5.78 Å². The highest BCUT2D eigenvalue weighted by Crippen LogP contribution is 2.37. The van der Waals surface area contributed by atoms with Crippen molar-refractivity contribution in [3.05, 3.63) is 143 Å². The maximum Gasteiger partial charge on any atom is 0.338 e. The molecule has 0 saturated carbocycles. The summed E-state index contributed by atoms with van der Waals surface area (Å²) in [6, 6.07) is 32.8. The predicted octanol–water partition coefficient (Wildman–Crippen LogP) is 8.00. The molecule has 0 aromatic heterocycles. The number of carbonyl (C=O) groups excluding carboxylic acids is 3. The Hall–Kier alpha value is -5.23. The normalized spacial score (nSPS) is 11.1. The van der Waals surface area contributed by atoms with E-state index < -0.39 is 17.4 Å². The minimum Gasteiger partial charge on any atom is -0.488 e. The third-order valence-electron chi connectivity index (χ3n) is 6.72. The second-order valence-corrected chi connectivity index (χ2v) is 11.1. The Bertz CT molecular complexity index is 1700. The summed E-state index contributed by atoms with van der Waals surface area (Å²) in [4.78, 5) is 40.1. The molecular weight excluding hydrogens is 540 g/mol. The van der Waals surface area contributed by atoms with Crippen molar-refractivity contribution in [1.29, 1.82) is 0 Å². The van der Waals surface area contributed by atoms with Crippen LogP contribution in [-0.4, -0.2) is 23.6 Å². The van der Waals surface area contributed by atoms with Crippen LogP contribution < -0.4 is 9.47 Å². The number of carbonyl (C=O) groups is 3. The molecule has 0 unspecified atom stereocenters. The van der Waals surface area contributed by atoms with Crippen molar-refractivity contribution < 1.29 is 28.6 Å². The maximum atomic E-state index is 14.6. The van der Waals surface area contributed by atoms with E-state index in [0.29, 0.717) is 11.7 Å². The molecule has 43 heavy (non-hydrogen) atoms. The van der Waals surface area contributed by atoms with Gasteiger partial charge in [-0.05, 0) is 54.8 Å². The number of esters is 1. The number of rotatable bonds is 10. The van der Waals surface area contributed by atoms with Crippen LogP contribution >= 0.6 is 0 Å². The van der Waals surface area contributed by atoms with Gasteiger partial charge >= 0.3 is 5.97 Å². The van der Waals surface area contributed by atoms with Crippen LogP contribution in [0.5, 0.6) is 11.5 Å². The SMILES string of the molecule is CC(C)(C)OC(=O)c1cc(OCc2ccccc2)c(C(=O)c2c(C=O)ccc3ccccc23)c(OCc2ccccc2)c1. The quantitative estimate of drug-likeness (QED) is 0.0959. The lowest BCUT2D eigenvalue weighted by Crippen LogP contribution is -2.24. The number of ketones is 1. The van der Waals surface area contributed by atoms with Crippen molar-refractivity contribution in [2.75, 3.05) is 0 Å². The van der Waals surface area contributed by atoms with Gasteiger partial charge in [-0.3, -0.25) is 9.59 Å². The lowest BCUT2D eigenvalue weighted by atomic mass is 9.91. The summed E-state index contributed by atoms with van der Waals surface area (Å²) in [5.41, 5.74) is 1.74. The average molecular weight is 573 g/mol. The Morgan fingerprint density at radius 2 is 1.21 bits per heavy atom. The fourth-order valence-corrected chi connectivity index (χ4v) is 4.73. The first-order valence-electron chi connectivity index (χ1n) is 14.0. The number of ether oxygens (including phenoxy) is 3. The topological polar surface area (TPSA) is 78.9 Å². The number of benzene rings is 5. The molecule has 0 amide bonds. The van der Waals surface area contributed by atoms with Gasteiger partial charge in [-0.2, -0.15) is 0 Å². The molecule has 5 aromatic rings. The Kier molecular flexibility index (Phi) is 8.67. The van der Waals surface area contributed by atoms with Gasteiger partial charge in [-0.25, -0.2) is 4.79 Å². The maximum absolute atomic E-state index is 14.6. The number of fused-ring (bicyclic) bond motifs is 1. The first-order chi connectivity index (χ1) is 20.7. The van der Waals surface area contributed by atoms with E-state index in [1.807, 2.05) is 78.9 Å². The summed E-state index contributed by atoms with van der Waals surface area (Å²) in [5.74, 6) is -0.754. The molecule has 0 fully saturated rings. The monoisotopic (exact) mass is 572 g/mol. The molecule has 0 spiro atoms. The van der Waals surface area contributed by atoms with Gasteiger partial charge in [-0.1, -0.05) is 97.1 Å². The lowest BCUT2D eigenvalue weighted by molar-refractivity contribution is 0.00682. The summed E-state index contributed by atoms with van der Waals surface area (Å²) in [5, 5.41) is 1.43. The fraction of sp³-hybridized carbons (Fsp3) is 0.162. The fourth-order valence-electron chi connectivity index (χ4n) is 4.73. The second kappa shape index (κ2) is 12.7. The molecule has 216 valence electrons. The predicted molar refractivity (Wildman–Crippen MR) is 166 cm³/mol. The Morgan fingerprint density at radius 1 is 0.674 bits per heavy atom. The molecule has 0 atom stereocenters. The highest BCUT2D eigenvalue weighted by atomic mass is 16.6. The molecule has 6 nitrogen and oxygen atoms in total. The molecule has 0 heterocycles. The molecule has 0 aliphatic carbocycles. The zero-order valence-electron chi connectivity index (χ0n) is 24.3. The van der Waals surface area contributed by atoms with Gasteiger partial charge in [-0.15, -0.1) is 0 Å². The first kappa shape index (κ1) is 29.3. The Labute approximate surface area is 250 Å². The van der Waals surface area contributed by atoms with Crippen LogP contribution in [0.3, 0.4) is 0 Å². The zero-order valence-corrected chi connectivity index (χ0v) is 24.3. The van der Waals surface area contributed by atoms with E-state index in [1.54, 1.807) is 39.0 Å². The third kappa shape index (κ3) is 6.99. The molecule has 5 rings (SSSR count). The van der Waals surface area contributed by atoms with Crippen molar-refractivity contribution in [2.45, 2.75) is 39.6 Å². The van der Waals surface area contributed by atoms with Crippen molar-refractivity contribution in [2.24, 2.45) is 0 Å². The van der Waals surface area contributed by atoms with Crippen LogP contribution in [0.25, 0.3) is 10.8 Å². The molecule has 0 radical (unpaired) electrons. The van der Waals surface area contributed by atoms with Gasteiger partial charge < -0.3 is 14.2 Å². The van der Waals surface area contributed by atoms with Crippen LogP contribution in [-0.2, 0) is 18.0 Å². The van der Waals surface area contributed by atoms with Crippen LogP contribution in [0, 0.1) is 0 Å². The van der Waals surface area contributed by atoms with E-state index >= 15 is 0 Å². The molecule has 6 heteroatoms. The molecule has 0 bridgehead atoms. The molecule has 0 N–H and O–H groups in total. The average Bonchev–Trinajstić information content (AvgIpc) is 3.01. The van der Waals surface area contributed by atoms with Gasteiger partial charge in [0.05, 0.1) is 5.56 Å². The van der Waals surface area contributed by atoms with Crippen molar-refractivity contribution in [1.82, 2.24) is 0 Å². The van der Waals surface area contributed by atoms with Crippen molar-refractivity contribution >= 4 is 28.8 Å². The number of hydrogen-bond acceptors (Lipinski definition) is 6. The van der Waals surface area contributed by atoms with Crippen molar-refractivity contribution in [3.8, 4) is 11.5 Å². The Balaban J connectivity index is 1.70. The zero-order chi connectivity index (χ0) is 30.4. The summed E-state index contributed by atoms with van der Waals surface area (Å²) >= 11 is 0. The minimum atomic E-state index is -0.747. The number of aldehydes is 1. The van der Waals surface area contributed by atoms with E-state index in [-0.39, 0.29) is 47.0 Å². The largest absolute Gasteiger partial charge is 0.488 e. The lowest BCUT2D eigenvalue weighted by Gasteiger charge is -2.22. The molecule has 0 saturated heterocycles. The van der Waals surface area contributed by atoms with Crippen LogP contribution in [0.15, 0.2) is 109 Å². The van der Waals surface area contributed by atoms with Gasteiger partial charge in [0, 0.05) is 11.1 Å². The van der Waals surface area contributed by atoms with Gasteiger partial charge in [0.1, 0.15) is 35.9 Å². The summed E-state index contributed by atoms with van der Waals surface area (Å²) in [7, 11) is 0. The van der Waals surface area contributed by atoms with Crippen LogP contribution in [0.1, 0.15) is 68.5 Å². The van der Waals surface area contributed by atoms with E-state index in [0.717, 1.165) is 16.5 Å². The van der Waals surface area contributed by atoms with E-state index in [4.69, 9.17) is 14.2 Å². The van der Waals surface area contributed by atoms with E-state index in [9.17, 15) is 14.4 Å². The van der Waals surface area contributed by atoms with E-state index in [2.05, 4.69) is 0 Å². The minimum absolute atomic E-state index is 0.110. The Morgan fingerprint density at radius 3 is 1.74 bits per heavy atom. The molecule has 5 aromatic carbocycles. The first-order valence-corrected chi connectivity index (χ1v) is 14.0. The molecule has 0 aliphatic rings. The highest BCUT2D eigenvalue weighted by molar-refractivity contribution is 6.22. The highest BCUT2D eigenvalue weighted by Gasteiger charge is 2.28. The molecule has 0 aliphatic heterocycles. The summed E-state index contributed by atoms with van der Waals surface area (Å²) in [6.07, 6.45) is 0.670. The second-order valence-electron chi connectivity index (χ2n) is 11.1. The summed E-state index contributed by atoms with van der Waals surface area (Å²) < 4.78 is 18.2. The smallest absolute Gasteiger partial charge is 0.338 e. The molecular formula is C37H32O6. The van der Waals surface area contributed by atoms with Crippen LogP contribution in [0.4, 0.5) is 0 Å². The standard InChI is InChI=1S/C37H32O6/c1-37(2,3)43-36(40)29-20-31(41-23-25-12-6-4-7-13-25)34(32(21-29)42-24-26-14-8-5-9-15-26)35(39)33-28(22-38)19-18-27-16-10-11-17-30(27)33/h4-22H,23-24H2,1-3H3. The third-order valence-corrected chi connectivity index (χ3v) is 6.72. The van der Waals surface area contributed by atoms with Gasteiger partial charge in [0.25, 0.3) is 0 Å². The van der Waals surface area contributed by atoms with Crippen molar-refractivity contribution in [3.63, 3.8) is 0 Å². The van der Waals surface area contributed by atoms with Gasteiger partial charge in [0.15, 0.2) is 6.29 Å².